The van der Waals surface area contributed by atoms with Crippen molar-refractivity contribution in [2.45, 2.75) is 44.6 Å². The summed E-state index contributed by atoms with van der Waals surface area (Å²) in [5.41, 5.74) is -0.778. The van der Waals surface area contributed by atoms with Crippen molar-refractivity contribution in [1.29, 1.82) is 5.26 Å². The van der Waals surface area contributed by atoms with E-state index in [4.69, 9.17) is 10.00 Å². The Morgan fingerprint density at radius 1 is 1.39 bits per heavy atom. The molecule has 2 rings (SSSR count). The Morgan fingerprint density at radius 2 is 2.00 bits per heavy atom. The van der Waals surface area contributed by atoms with Crippen LogP contribution >= 0.6 is 0 Å². The highest BCUT2D eigenvalue weighted by Crippen LogP contribution is 2.55. The SMILES string of the molecule is CC(C)(C)OC(=O)NC[C@@]1(c2cc(F)cc(F)c2)C[C@H]1CC#N. The van der Waals surface area contributed by atoms with E-state index in [2.05, 4.69) is 11.4 Å². The molecular weight excluding hydrogens is 302 g/mol. The van der Waals surface area contributed by atoms with Gasteiger partial charge in [0.15, 0.2) is 0 Å². The third kappa shape index (κ3) is 4.19. The highest BCUT2D eigenvalue weighted by Gasteiger charge is 2.55. The molecule has 0 aliphatic heterocycles. The predicted octanol–water partition coefficient (Wildman–Crippen LogP) is 3.66. The molecule has 1 amide bonds. The van der Waals surface area contributed by atoms with Crippen molar-refractivity contribution >= 4 is 6.09 Å². The highest BCUT2D eigenvalue weighted by atomic mass is 19.1. The average Bonchev–Trinajstić information content (AvgIpc) is 3.08. The Hall–Kier alpha value is -2.16. The third-order valence-corrected chi connectivity index (χ3v) is 3.95. The van der Waals surface area contributed by atoms with Gasteiger partial charge in [0, 0.05) is 24.4 Å². The fourth-order valence-corrected chi connectivity index (χ4v) is 2.82. The molecule has 1 aliphatic rings. The first-order chi connectivity index (χ1) is 10.7. The average molecular weight is 322 g/mol. The number of hydrogen-bond donors (Lipinski definition) is 1. The molecule has 4 nitrogen and oxygen atoms in total. The van der Waals surface area contributed by atoms with Crippen molar-refractivity contribution < 1.29 is 18.3 Å². The number of halogens is 2. The van der Waals surface area contributed by atoms with Crippen molar-refractivity contribution in [1.82, 2.24) is 5.32 Å². The first kappa shape index (κ1) is 17.2. The molecule has 0 spiro atoms. The largest absolute Gasteiger partial charge is 0.444 e. The minimum atomic E-state index is -0.667. The van der Waals surface area contributed by atoms with E-state index in [9.17, 15) is 13.6 Å². The van der Waals surface area contributed by atoms with Gasteiger partial charge in [-0.05, 0) is 50.8 Å². The summed E-state index contributed by atoms with van der Waals surface area (Å²) in [7, 11) is 0. The summed E-state index contributed by atoms with van der Waals surface area (Å²) in [5.74, 6) is -1.37. The number of nitriles is 1. The molecule has 1 aromatic rings. The van der Waals surface area contributed by atoms with Crippen molar-refractivity contribution in [3.05, 3.63) is 35.4 Å². The molecule has 124 valence electrons. The number of rotatable bonds is 4. The number of alkyl carbamates (subject to hydrolysis) is 1. The monoisotopic (exact) mass is 322 g/mol. The van der Waals surface area contributed by atoms with Crippen LogP contribution in [0, 0.1) is 28.9 Å². The topological polar surface area (TPSA) is 62.1 Å². The van der Waals surface area contributed by atoms with Crippen LogP contribution in [0.25, 0.3) is 0 Å². The smallest absolute Gasteiger partial charge is 0.407 e. The van der Waals surface area contributed by atoms with Gasteiger partial charge in [-0.3, -0.25) is 0 Å². The van der Waals surface area contributed by atoms with E-state index in [0.29, 0.717) is 12.0 Å². The number of ether oxygens (including phenoxy) is 1. The minimum absolute atomic E-state index is 0.0383. The summed E-state index contributed by atoms with van der Waals surface area (Å²) in [6.45, 7) is 5.43. The molecule has 0 radical (unpaired) electrons. The molecule has 0 unspecified atom stereocenters. The van der Waals surface area contributed by atoms with Gasteiger partial charge in [-0.1, -0.05) is 0 Å². The lowest BCUT2D eigenvalue weighted by Gasteiger charge is -2.23. The maximum atomic E-state index is 13.5. The Morgan fingerprint density at radius 3 is 2.52 bits per heavy atom. The van der Waals surface area contributed by atoms with E-state index in [1.54, 1.807) is 20.8 Å². The van der Waals surface area contributed by atoms with Gasteiger partial charge in [0.25, 0.3) is 0 Å². The molecule has 0 saturated heterocycles. The van der Waals surface area contributed by atoms with Crippen LogP contribution in [0.5, 0.6) is 0 Å². The van der Waals surface area contributed by atoms with Crippen LogP contribution in [0.1, 0.15) is 39.2 Å². The number of nitrogens with one attached hydrogen (secondary N) is 1. The highest BCUT2D eigenvalue weighted by molar-refractivity contribution is 5.68. The zero-order valence-corrected chi connectivity index (χ0v) is 13.5. The zero-order chi connectivity index (χ0) is 17.3. The van der Waals surface area contributed by atoms with Gasteiger partial charge in [0.1, 0.15) is 17.2 Å². The maximum absolute atomic E-state index is 13.5. The molecule has 1 fully saturated rings. The normalized spacial score (nSPS) is 23.0. The summed E-state index contributed by atoms with van der Waals surface area (Å²) >= 11 is 0. The quantitative estimate of drug-likeness (QED) is 0.920. The predicted molar refractivity (Wildman–Crippen MR) is 80.6 cm³/mol. The van der Waals surface area contributed by atoms with E-state index < -0.39 is 28.7 Å². The Kier molecular flexibility index (Phi) is 4.60. The molecule has 1 N–H and O–H groups in total. The number of carbonyl (C=O) groups is 1. The van der Waals surface area contributed by atoms with Crippen LogP contribution in [0.15, 0.2) is 18.2 Å². The van der Waals surface area contributed by atoms with E-state index in [1.807, 2.05) is 0 Å². The first-order valence-corrected chi connectivity index (χ1v) is 7.47. The number of carbonyl (C=O) groups excluding carboxylic acids is 1. The Labute approximate surface area is 134 Å². The first-order valence-electron chi connectivity index (χ1n) is 7.47. The van der Waals surface area contributed by atoms with Crippen LogP contribution in [-0.2, 0) is 10.2 Å². The van der Waals surface area contributed by atoms with Gasteiger partial charge in [-0.15, -0.1) is 0 Å². The second kappa shape index (κ2) is 6.15. The minimum Gasteiger partial charge on any atom is -0.444 e. The molecule has 1 aromatic carbocycles. The molecule has 0 aromatic heterocycles. The summed E-state index contributed by atoms with van der Waals surface area (Å²) < 4.78 is 32.2. The van der Waals surface area contributed by atoms with Crippen LogP contribution in [0.4, 0.5) is 13.6 Å². The summed E-state index contributed by atoms with van der Waals surface area (Å²) in [5, 5.41) is 11.5. The van der Waals surface area contributed by atoms with Crippen LogP contribution in [0.2, 0.25) is 0 Å². The lowest BCUT2D eigenvalue weighted by molar-refractivity contribution is 0.0521. The standard InChI is InChI=1S/C17H20F2N2O2/c1-16(2,3)23-15(22)21-10-17(9-11(17)4-5-20)12-6-13(18)8-14(19)7-12/h6-8,11H,4,9-10H2,1-3H3,(H,21,22)/t11-,17+/m1/s1. The number of nitrogens with zero attached hydrogens (tertiary/aromatic N) is 1. The molecule has 1 aliphatic carbocycles. The zero-order valence-electron chi connectivity index (χ0n) is 13.5. The number of amides is 1. The Balaban J connectivity index is 2.15. The number of benzene rings is 1. The second-order valence-electron chi connectivity index (χ2n) is 6.93. The van der Waals surface area contributed by atoms with E-state index in [0.717, 1.165) is 6.07 Å². The van der Waals surface area contributed by atoms with Gasteiger partial charge in [-0.25, -0.2) is 13.6 Å². The fraction of sp³-hybridized carbons (Fsp3) is 0.529. The maximum Gasteiger partial charge on any atom is 0.407 e. The summed E-state index contributed by atoms with van der Waals surface area (Å²) in [6.07, 6.45) is 0.282. The van der Waals surface area contributed by atoms with Gasteiger partial charge in [0.05, 0.1) is 6.07 Å². The number of hydrogen-bond acceptors (Lipinski definition) is 3. The van der Waals surface area contributed by atoms with E-state index in [-0.39, 0.29) is 18.9 Å². The van der Waals surface area contributed by atoms with Gasteiger partial charge in [-0.2, -0.15) is 5.26 Å². The van der Waals surface area contributed by atoms with Crippen molar-refractivity contribution in [3.63, 3.8) is 0 Å². The lowest BCUT2D eigenvalue weighted by atomic mass is 9.92. The molecule has 2 atom stereocenters. The Bertz CT molecular complexity index is 629. The van der Waals surface area contributed by atoms with E-state index >= 15 is 0 Å². The van der Waals surface area contributed by atoms with Gasteiger partial charge < -0.3 is 10.1 Å². The fourth-order valence-electron chi connectivity index (χ4n) is 2.82. The summed E-state index contributed by atoms with van der Waals surface area (Å²) in [4.78, 5) is 11.8. The summed E-state index contributed by atoms with van der Waals surface area (Å²) in [6, 6.07) is 5.41. The molecule has 0 heterocycles. The second-order valence-corrected chi connectivity index (χ2v) is 6.93. The molecule has 1 saturated carbocycles. The van der Waals surface area contributed by atoms with E-state index in [1.165, 1.54) is 12.1 Å². The lowest BCUT2D eigenvalue weighted by Crippen LogP contribution is -2.37. The third-order valence-electron chi connectivity index (χ3n) is 3.95. The van der Waals surface area contributed by atoms with Crippen LogP contribution < -0.4 is 5.32 Å². The van der Waals surface area contributed by atoms with Crippen molar-refractivity contribution in [2.24, 2.45) is 5.92 Å². The van der Waals surface area contributed by atoms with Gasteiger partial charge >= 0.3 is 6.09 Å². The van der Waals surface area contributed by atoms with Crippen LogP contribution in [-0.4, -0.2) is 18.2 Å². The molecule has 23 heavy (non-hydrogen) atoms. The van der Waals surface area contributed by atoms with Crippen molar-refractivity contribution in [2.75, 3.05) is 6.54 Å². The van der Waals surface area contributed by atoms with Crippen LogP contribution in [0.3, 0.4) is 0 Å². The molecule has 6 heteroatoms. The van der Waals surface area contributed by atoms with Crippen molar-refractivity contribution in [3.8, 4) is 6.07 Å². The molecular formula is C17H20F2N2O2. The van der Waals surface area contributed by atoms with Gasteiger partial charge in [0.2, 0.25) is 0 Å². The molecule has 0 bridgehead atoms.